The number of amides is 2. The molecule has 10 nitrogen and oxygen atoms in total. The Labute approximate surface area is 188 Å². The van der Waals surface area contributed by atoms with Gasteiger partial charge in [-0.15, -0.1) is 0 Å². The number of aryl methyl sites for hydroxylation is 1. The maximum Gasteiger partial charge on any atom is 0.412 e. The average molecular weight is 450 g/mol. The van der Waals surface area contributed by atoms with Crippen molar-refractivity contribution >= 4 is 23.8 Å². The molecular formula is C23H22N4O6. The van der Waals surface area contributed by atoms with E-state index in [2.05, 4.69) is 15.7 Å². The lowest BCUT2D eigenvalue weighted by Crippen LogP contribution is -2.43. The zero-order chi connectivity index (χ0) is 23.5. The van der Waals surface area contributed by atoms with Crippen molar-refractivity contribution in [2.75, 3.05) is 18.5 Å². The lowest BCUT2D eigenvalue weighted by molar-refractivity contribution is -0.140. The van der Waals surface area contributed by atoms with Gasteiger partial charge in [-0.05, 0) is 22.3 Å². The van der Waals surface area contributed by atoms with E-state index < -0.39 is 30.6 Å². The number of nitrogens with one attached hydrogen (secondary N) is 2. The number of ether oxygens (including phenoxy) is 1. The first-order valence-corrected chi connectivity index (χ1v) is 10.2. The number of aliphatic carboxylic acids is 1. The van der Waals surface area contributed by atoms with Crippen LogP contribution in [0, 0.1) is 0 Å². The number of aliphatic hydroxyl groups excluding tert-OH is 1. The molecule has 0 saturated carbocycles. The number of hydrogen-bond donors (Lipinski definition) is 4. The Morgan fingerprint density at radius 2 is 1.70 bits per heavy atom. The summed E-state index contributed by atoms with van der Waals surface area (Å²) in [5, 5.41) is 26.7. The summed E-state index contributed by atoms with van der Waals surface area (Å²) in [6.07, 6.45) is -0.735. The minimum absolute atomic E-state index is 0.00338. The van der Waals surface area contributed by atoms with Crippen LogP contribution in [0.1, 0.15) is 27.5 Å². The summed E-state index contributed by atoms with van der Waals surface area (Å²) in [5.74, 6) is -2.16. The summed E-state index contributed by atoms with van der Waals surface area (Å²) in [4.78, 5) is 35.7. The van der Waals surface area contributed by atoms with Crippen LogP contribution in [0.4, 0.5) is 10.6 Å². The van der Waals surface area contributed by atoms with E-state index in [1.807, 2.05) is 48.5 Å². The molecule has 10 heteroatoms. The van der Waals surface area contributed by atoms with Gasteiger partial charge in [-0.1, -0.05) is 48.5 Å². The van der Waals surface area contributed by atoms with E-state index in [9.17, 15) is 14.4 Å². The molecule has 4 rings (SSSR count). The standard InChI is InChI=1S/C23H22N4O6/c1-27-19(21(29)24-18(11-28)22(30)31)10-20(26-27)25-23(32)33-12-17-15-8-4-2-6-13(15)14-7-3-5-9-16(14)17/h2-10,17-18,28H,11-12H2,1H3,(H,24,29)(H,30,31)(H,25,26,32). The molecule has 3 aromatic rings. The molecule has 170 valence electrons. The third kappa shape index (κ3) is 4.41. The highest BCUT2D eigenvalue weighted by Gasteiger charge is 2.29. The van der Waals surface area contributed by atoms with Crippen molar-refractivity contribution in [3.8, 4) is 11.1 Å². The molecule has 1 aliphatic carbocycles. The van der Waals surface area contributed by atoms with Gasteiger partial charge in [0.1, 0.15) is 12.3 Å². The van der Waals surface area contributed by atoms with Crippen LogP contribution in [-0.4, -0.2) is 57.2 Å². The van der Waals surface area contributed by atoms with Crippen molar-refractivity contribution < 1.29 is 29.3 Å². The molecule has 33 heavy (non-hydrogen) atoms. The van der Waals surface area contributed by atoms with Crippen LogP contribution in [0.15, 0.2) is 54.6 Å². The van der Waals surface area contributed by atoms with Gasteiger partial charge in [-0.25, -0.2) is 9.59 Å². The smallest absolute Gasteiger partial charge is 0.412 e. The van der Waals surface area contributed by atoms with Gasteiger partial charge in [0, 0.05) is 19.0 Å². The largest absolute Gasteiger partial charge is 0.480 e. The number of carbonyl (C=O) groups excluding carboxylic acids is 2. The van der Waals surface area contributed by atoms with Crippen LogP contribution in [0.3, 0.4) is 0 Å². The molecule has 1 aromatic heterocycles. The number of hydrogen-bond acceptors (Lipinski definition) is 6. The maximum absolute atomic E-state index is 12.4. The van der Waals surface area contributed by atoms with Crippen LogP contribution in [0.2, 0.25) is 0 Å². The lowest BCUT2D eigenvalue weighted by Gasteiger charge is -2.14. The fraction of sp³-hybridized carbons (Fsp3) is 0.217. The Hall–Kier alpha value is -4.18. The maximum atomic E-state index is 12.4. The van der Waals surface area contributed by atoms with Crippen molar-refractivity contribution in [1.82, 2.24) is 15.1 Å². The first-order chi connectivity index (χ1) is 15.9. The summed E-state index contributed by atoms with van der Waals surface area (Å²) in [6, 6.07) is 15.8. The van der Waals surface area contributed by atoms with Crippen LogP contribution < -0.4 is 10.6 Å². The molecule has 0 aliphatic heterocycles. The van der Waals surface area contributed by atoms with Crippen molar-refractivity contribution in [3.63, 3.8) is 0 Å². The van der Waals surface area contributed by atoms with E-state index in [0.717, 1.165) is 22.3 Å². The molecule has 1 unspecified atom stereocenters. The zero-order valence-corrected chi connectivity index (χ0v) is 17.7. The number of aliphatic hydroxyl groups is 1. The summed E-state index contributed by atoms with van der Waals surface area (Å²) in [7, 11) is 1.46. The normalized spacial score (nSPS) is 13.0. The molecule has 0 spiro atoms. The van der Waals surface area contributed by atoms with Gasteiger partial charge in [0.2, 0.25) is 0 Å². The minimum Gasteiger partial charge on any atom is -0.480 e. The molecular weight excluding hydrogens is 428 g/mol. The van der Waals surface area contributed by atoms with Crippen molar-refractivity contribution in [3.05, 3.63) is 71.4 Å². The van der Waals surface area contributed by atoms with Gasteiger partial charge < -0.3 is 20.3 Å². The van der Waals surface area contributed by atoms with Crippen LogP contribution in [0.5, 0.6) is 0 Å². The van der Waals surface area contributed by atoms with E-state index in [4.69, 9.17) is 14.9 Å². The van der Waals surface area contributed by atoms with E-state index in [1.165, 1.54) is 17.8 Å². The van der Waals surface area contributed by atoms with Gasteiger partial charge in [0.05, 0.1) is 6.61 Å². The number of carbonyl (C=O) groups is 3. The fourth-order valence-electron chi connectivity index (χ4n) is 3.90. The van der Waals surface area contributed by atoms with Crippen molar-refractivity contribution in [1.29, 1.82) is 0 Å². The minimum atomic E-state index is -1.45. The third-order valence-corrected chi connectivity index (χ3v) is 5.47. The topological polar surface area (TPSA) is 143 Å². The summed E-state index contributed by atoms with van der Waals surface area (Å²) in [6.45, 7) is -0.638. The van der Waals surface area contributed by atoms with Crippen molar-refractivity contribution in [2.45, 2.75) is 12.0 Å². The van der Waals surface area contributed by atoms with E-state index in [0.29, 0.717) is 0 Å². The molecule has 0 radical (unpaired) electrons. The number of fused-ring (bicyclic) bond motifs is 3. The predicted octanol–water partition coefficient (Wildman–Crippen LogP) is 1.96. The highest BCUT2D eigenvalue weighted by atomic mass is 16.5. The Morgan fingerprint density at radius 3 is 2.27 bits per heavy atom. The quantitative estimate of drug-likeness (QED) is 0.431. The monoisotopic (exact) mass is 450 g/mol. The number of benzene rings is 2. The number of anilines is 1. The summed E-state index contributed by atoms with van der Waals surface area (Å²) in [5.41, 5.74) is 4.40. The Kier molecular flexibility index (Phi) is 6.09. The second-order valence-corrected chi connectivity index (χ2v) is 7.54. The average Bonchev–Trinajstić information content (AvgIpc) is 3.33. The highest BCUT2D eigenvalue weighted by Crippen LogP contribution is 2.44. The second kappa shape index (κ2) is 9.13. The Bertz CT molecular complexity index is 1180. The van der Waals surface area contributed by atoms with Crippen LogP contribution >= 0.6 is 0 Å². The fourth-order valence-corrected chi connectivity index (χ4v) is 3.90. The molecule has 1 aliphatic rings. The number of carboxylic acid groups (broad SMARTS) is 1. The summed E-state index contributed by atoms with van der Waals surface area (Å²) >= 11 is 0. The first-order valence-electron chi connectivity index (χ1n) is 10.2. The Balaban J connectivity index is 1.41. The molecule has 0 fully saturated rings. The zero-order valence-electron chi connectivity index (χ0n) is 17.7. The first kappa shape index (κ1) is 22.0. The molecule has 0 saturated heterocycles. The number of carboxylic acids is 1. The number of rotatable bonds is 7. The molecule has 0 bridgehead atoms. The highest BCUT2D eigenvalue weighted by molar-refractivity contribution is 5.96. The van der Waals surface area contributed by atoms with E-state index in [-0.39, 0.29) is 24.0 Å². The van der Waals surface area contributed by atoms with Crippen LogP contribution in [-0.2, 0) is 16.6 Å². The van der Waals surface area contributed by atoms with E-state index >= 15 is 0 Å². The second-order valence-electron chi connectivity index (χ2n) is 7.54. The van der Waals surface area contributed by atoms with E-state index in [1.54, 1.807) is 0 Å². The summed E-state index contributed by atoms with van der Waals surface area (Å²) < 4.78 is 6.64. The van der Waals surface area contributed by atoms with Gasteiger partial charge in [0.25, 0.3) is 5.91 Å². The predicted molar refractivity (Wildman–Crippen MR) is 118 cm³/mol. The number of nitrogens with zero attached hydrogens (tertiary/aromatic N) is 2. The van der Waals surface area contributed by atoms with Crippen LogP contribution in [0.25, 0.3) is 11.1 Å². The van der Waals surface area contributed by atoms with Gasteiger partial charge in [-0.3, -0.25) is 14.8 Å². The Morgan fingerprint density at radius 1 is 1.09 bits per heavy atom. The SMILES string of the molecule is Cn1nc(NC(=O)OCC2c3ccccc3-c3ccccc32)cc1C(=O)NC(CO)C(=O)O. The third-order valence-electron chi connectivity index (χ3n) is 5.47. The lowest BCUT2D eigenvalue weighted by atomic mass is 9.98. The van der Waals surface area contributed by atoms with Gasteiger partial charge in [0.15, 0.2) is 11.9 Å². The molecule has 1 atom stereocenters. The molecule has 4 N–H and O–H groups in total. The molecule has 1 heterocycles. The molecule has 2 amide bonds. The van der Waals surface area contributed by atoms with Gasteiger partial charge in [-0.2, -0.15) is 5.10 Å². The van der Waals surface area contributed by atoms with Crippen molar-refractivity contribution in [2.24, 2.45) is 7.05 Å². The van der Waals surface area contributed by atoms with Gasteiger partial charge >= 0.3 is 12.1 Å². The molecule has 2 aromatic carbocycles. The number of aromatic nitrogens is 2.